The molecule has 0 saturated heterocycles. The number of carbonyl (C=O) groups is 2. The molecule has 2 aromatic carbocycles. The number of rotatable bonds is 5. The summed E-state index contributed by atoms with van der Waals surface area (Å²) in [4.78, 5) is 28.9. The van der Waals surface area contributed by atoms with Crippen molar-refractivity contribution in [2.75, 3.05) is 30.4 Å². The van der Waals surface area contributed by atoms with Gasteiger partial charge in [-0.25, -0.2) is 0 Å². The maximum absolute atomic E-state index is 12.7. The second-order valence-corrected chi connectivity index (χ2v) is 6.47. The molecule has 1 atom stereocenters. The van der Waals surface area contributed by atoms with E-state index in [1.165, 1.54) is 4.90 Å². The topological polar surface area (TPSA) is 60.9 Å². The van der Waals surface area contributed by atoms with Crippen molar-refractivity contribution in [3.05, 3.63) is 59.7 Å². The average molecular weight is 338 g/mol. The van der Waals surface area contributed by atoms with Gasteiger partial charge in [0.1, 0.15) is 0 Å². The Morgan fingerprint density at radius 3 is 2.36 bits per heavy atom. The fraction of sp³-hybridized carbons (Fsp3) is 0.300. The Labute approximate surface area is 147 Å². The van der Waals surface area contributed by atoms with Gasteiger partial charge in [-0.2, -0.15) is 0 Å². The van der Waals surface area contributed by atoms with E-state index >= 15 is 0 Å². The Morgan fingerprint density at radius 2 is 1.76 bits per heavy atom. The van der Waals surface area contributed by atoms with Crippen LogP contribution >= 0.6 is 0 Å². The number of amides is 1. The fourth-order valence-corrected chi connectivity index (χ4v) is 3.27. The van der Waals surface area contributed by atoms with E-state index in [-0.39, 0.29) is 12.2 Å². The van der Waals surface area contributed by atoms with Crippen LogP contribution in [0.5, 0.6) is 0 Å². The SMILES string of the molecule is CCN1C(=O)[C@@](O)(CC(=O)c2ccc(N(C)C)cc2)c2ccccc21. The van der Waals surface area contributed by atoms with Gasteiger partial charge in [0.2, 0.25) is 0 Å². The van der Waals surface area contributed by atoms with Gasteiger partial charge in [0.25, 0.3) is 5.91 Å². The lowest BCUT2D eigenvalue weighted by Gasteiger charge is -2.22. The van der Waals surface area contributed by atoms with Crippen LogP contribution in [0.25, 0.3) is 0 Å². The van der Waals surface area contributed by atoms with Crippen molar-refractivity contribution in [2.45, 2.75) is 18.9 Å². The van der Waals surface area contributed by atoms with E-state index < -0.39 is 11.5 Å². The van der Waals surface area contributed by atoms with Gasteiger partial charge < -0.3 is 14.9 Å². The summed E-state index contributed by atoms with van der Waals surface area (Å²) in [6, 6.07) is 14.2. The summed E-state index contributed by atoms with van der Waals surface area (Å²) in [5, 5.41) is 11.1. The highest BCUT2D eigenvalue weighted by atomic mass is 16.3. The molecule has 0 fully saturated rings. The molecule has 1 amide bonds. The molecule has 0 saturated carbocycles. The maximum atomic E-state index is 12.7. The van der Waals surface area contributed by atoms with E-state index in [9.17, 15) is 14.7 Å². The van der Waals surface area contributed by atoms with Crippen LogP contribution in [0.15, 0.2) is 48.5 Å². The summed E-state index contributed by atoms with van der Waals surface area (Å²) in [5.41, 5.74) is 0.839. The molecular weight excluding hydrogens is 316 g/mol. The third kappa shape index (κ3) is 2.81. The second kappa shape index (κ2) is 6.33. The van der Waals surface area contributed by atoms with Gasteiger partial charge in [-0.1, -0.05) is 18.2 Å². The van der Waals surface area contributed by atoms with Gasteiger partial charge in [-0.05, 0) is 37.3 Å². The van der Waals surface area contributed by atoms with Crippen LogP contribution < -0.4 is 9.80 Å². The molecule has 25 heavy (non-hydrogen) atoms. The first-order valence-electron chi connectivity index (χ1n) is 8.33. The predicted molar refractivity (Wildman–Crippen MR) is 98.1 cm³/mol. The number of fused-ring (bicyclic) bond motifs is 1. The number of ketones is 1. The molecule has 2 aromatic rings. The van der Waals surface area contributed by atoms with Crippen LogP contribution in [0.1, 0.15) is 29.3 Å². The quantitative estimate of drug-likeness (QED) is 0.851. The zero-order chi connectivity index (χ0) is 18.2. The minimum Gasteiger partial charge on any atom is -0.378 e. The van der Waals surface area contributed by atoms with Crippen LogP contribution in [0.4, 0.5) is 11.4 Å². The first-order chi connectivity index (χ1) is 11.9. The lowest BCUT2D eigenvalue weighted by atomic mass is 9.88. The Balaban J connectivity index is 1.91. The summed E-state index contributed by atoms with van der Waals surface area (Å²) in [6.45, 7) is 2.30. The number of hydrogen-bond acceptors (Lipinski definition) is 4. The number of hydrogen-bond donors (Lipinski definition) is 1. The summed E-state index contributed by atoms with van der Waals surface area (Å²) in [7, 11) is 3.85. The number of anilines is 2. The Bertz CT molecular complexity index is 814. The molecule has 1 aliphatic rings. The van der Waals surface area contributed by atoms with E-state index in [2.05, 4.69) is 0 Å². The number of para-hydroxylation sites is 1. The number of aliphatic hydroxyl groups is 1. The molecule has 0 aliphatic carbocycles. The first kappa shape index (κ1) is 17.2. The fourth-order valence-electron chi connectivity index (χ4n) is 3.27. The third-order valence-electron chi connectivity index (χ3n) is 4.68. The zero-order valence-corrected chi connectivity index (χ0v) is 14.7. The van der Waals surface area contributed by atoms with Crippen molar-refractivity contribution >= 4 is 23.1 Å². The van der Waals surface area contributed by atoms with Crippen molar-refractivity contribution in [2.24, 2.45) is 0 Å². The normalized spacial score (nSPS) is 19.0. The molecule has 3 rings (SSSR count). The van der Waals surface area contributed by atoms with E-state index in [0.717, 1.165) is 5.69 Å². The van der Waals surface area contributed by atoms with Crippen molar-refractivity contribution in [1.82, 2.24) is 0 Å². The number of likely N-dealkylation sites (N-methyl/N-ethyl adjacent to an activating group) is 1. The van der Waals surface area contributed by atoms with Gasteiger partial charge in [0, 0.05) is 37.5 Å². The average Bonchev–Trinajstić information content (AvgIpc) is 2.82. The highest BCUT2D eigenvalue weighted by Gasteiger charge is 2.50. The molecule has 0 unspecified atom stereocenters. The van der Waals surface area contributed by atoms with Crippen LogP contribution in [-0.4, -0.2) is 37.4 Å². The summed E-state index contributed by atoms with van der Waals surface area (Å²) >= 11 is 0. The Hall–Kier alpha value is -2.66. The van der Waals surface area contributed by atoms with E-state index in [1.54, 1.807) is 30.3 Å². The maximum Gasteiger partial charge on any atom is 0.264 e. The lowest BCUT2D eigenvalue weighted by Crippen LogP contribution is -2.41. The van der Waals surface area contributed by atoms with Crippen molar-refractivity contribution in [1.29, 1.82) is 0 Å². The van der Waals surface area contributed by atoms with Crippen LogP contribution in [-0.2, 0) is 10.4 Å². The summed E-state index contributed by atoms with van der Waals surface area (Å²) in [5.74, 6) is -0.691. The molecule has 0 aromatic heterocycles. The van der Waals surface area contributed by atoms with Crippen LogP contribution in [0, 0.1) is 0 Å². The van der Waals surface area contributed by atoms with Gasteiger partial charge in [0.05, 0.1) is 12.1 Å². The minimum atomic E-state index is -1.80. The minimum absolute atomic E-state index is 0.256. The van der Waals surface area contributed by atoms with Gasteiger partial charge in [0.15, 0.2) is 11.4 Å². The predicted octanol–water partition coefficient (Wildman–Crippen LogP) is 2.58. The molecule has 0 bridgehead atoms. The summed E-state index contributed by atoms with van der Waals surface area (Å²) in [6.07, 6.45) is -0.263. The highest BCUT2D eigenvalue weighted by Crippen LogP contribution is 2.42. The van der Waals surface area contributed by atoms with Gasteiger partial charge >= 0.3 is 0 Å². The van der Waals surface area contributed by atoms with Crippen molar-refractivity contribution < 1.29 is 14.7 Å². The number of benzene rings is 2. The molecule has 0 radical (unpaired) electrons. The van der Waals surface area contributed by atoms with E-state index in [1.807, 2.05) is 44.1 Å². The Kier molecular flexibility index (Phi) is 4.35. The highest BCUT2D eigenvalue weighted by molar-refractivity contribution is 6.10. The molecule has 1 N–H and O–H groups in total. The second-order valence-electron chi connectivity index (χ2n) is 6.47. The molecule has 130 valence electrons. The first-order valence-corrected chi connectivity index (χ1v) is 8.33. The number of carbonyl (C=O) groups excluding carboxylic acids is 2. The number of Topliss-reactive ketones (excluding diaryl/α,β-unsaturated/α-hetero) is 1. The smallest absolute Gasteiger partial charge is 0.264 e. The molecule has 5 nitrogen and oxygen atoms in total. The number of nitrogens with zero attached hydrogens (tertiary/aromatic N) is 2. The molecule has 1 aliphatic heterocycles. The molecule has 5 heteroatoms. The van der Waals surface area contributed by atoms with Crippen LogP contribution in [0.3, 0.4) is 0 Å². The lowest BCUT2D eigenvalue weighted by molar-refractivity contribution is -0.135. The molecule has 0 spiro atoms. The third-order valence-corrected chi connectivity index (χ3v) is 4.68. The monoisotopic (exact) mass is 338 g/mol. The van der Waals surface area contributed by atoms with Crippen molar-refractivity contribution in [3.8, 4) is 0 Å². The van der Waals surface area contributed by atoms with E-state index in [0.29, 0.717) is 23.4 Å². The van der Waals surface area contributed by atoms with Gasteiger partial charge in [-0.3, -0.25) is 9.59 Å². The van der Waals surface area contributed by atoms with Crippen molar-refractivity contribution in [3.63, 3.8) is 0 Å². The summed E-state index contributed by atoms with van der Waals surface area (Å²) < 4.78 is 0. The Morgan fingerprint density at radius 1 is 1.12 bits per heavy atom. The van der Waals surface area contributed by atoms with E-state index in [4.69, 9.17) is 0 Å². The molecular formula is C20H22N2O3. The zero-order valence-electron chi connectivity index (χ0n) is 14.7. The standard InChI is InChI=1S/C20H22N2O3/c1-4-22-17-8-6-5-7-16(17)20(25,19(22)24)13-18(23)14-9-11-15(12-10-14)21(2)3/h5-12,25H,4,13H2,1-3H3/t20-/m1/s1. The largest absolute Gasteiger partial charge is 0.378 e. The van der Waals surface area contributed by atoms with Crippen LogP contribution in [0.2, 0.25) is 0 Å². The van der Waals surface area contributed by atoms with Gasteiger partial charge in [-0.15, -0.1) is 0 Å². The molecule has 1 heterocycles.